The molecule has 1 atom stereocenters. The normalized spacial score (nSPS) is 18.5. The summed E-state index contributed by atoms with van der Waals surface area (Å²) >= 11 is 12.0. The SMILES string of the molecule is NNC(CC1CCCC1)c1cc(Cl)cc(Cl)c1. The molecule has 1 aromatic rings. The summed E-state index contributed by atoms with van der Waals surface area (Å²) in [6.45, 7) is 0. The molecule has 0 bridgehead atoms. The van der Waals surface area contributed by atoms with Crippen LogP contribution in [0.5, 0.6) is 0 Å². The number of hydrogen-bond donors (Lipinski definition) is 2. The van der Waals surface area contributed by atoms with Gasteiger partial charge in [0.2, 0.25) is 0 Å². The molecule has 3 N–H and O–H groups in total. The Morgan fingerprint density at radius 3 is 2.29 bits per heavy atom. The van der Waals surface area contributed by atoms with Crippen LogP contribution in [0.15, 0.2) is 18.2 Å². The number of benzene rings is 1. The molecule has 0 aromatic heterocycles. The van der Waals surface area contributed by atoms with Gasteiger partial charge < -0.3 is 0 Å². The Hall–Kier alpha value is -0.280. The lowest BCUT2D eigenvalue weighted by molar-refractivity contribution is 0.400. The van der Waals surface area contributed by atoms with Gasteiger partial charge in [0.15, 0.2) is 0 Å². The van der Waals surface area contributed by atoms with Crippen LogP contribution in [-0.4, -0.2) is 0 Å². The fourth-order valence-electron chi connectivity index (χ4n) is 2.66. The number of halogens is 2. The van der Waals surface area contributed by atoms with Gasteiger partial charge in [0.25, 0.3) is 0 Å². The van der Waals surface area contributed by atoms with Gasteiger partial charge in [-0.05, 0) is 36.1 Å². The monoisotopic (exact) mass is 272 g/mol. The van der Waals surface area contributed by atoms with Crippen LogP contribution in [0.2, 0.25) is 10.0 Å². The molecule has 0 aliphatic heterocycles. The van der Waals surface area contributed by atoms with Gasteiger partial charge in [0.05, 0.1) is 0 Å². The van der Waals surface area contributed by atoms with Crippen molar-refractivity contribution in [1.82, 2.24) is 5.43 Å². The Labute approximate surface area is 112 Å². The van der Waals surface area contributed by atoms with Crippen molar-refractivity contribution >= 4 is 23.2 Å². The van der Waals surface area contributed by atoms with Crippen molar-refractivity contribution in [3.05, 3.63) is 33.8 Å². The summed E-state index contributed by atoms with van der Waals surface area (Å²) in [5, 5.41) is 1.33. The summed E-state index contributed by atoms with van der Waals surface area (Å²) in [6, 6.07) is 5.77. The van der Waals surface area contributed by atoms with Crippen LogP contribution < -0.4 is 11.3 Å². The molecule has 94 valence electrons. The maximum absolute atomic E-state index is 6.01. The number of hydrazine groups is 1. The molecule has 0 heterocycles. The second kappa shape index (κ2) is 6.05. The first-order chi connectivity index (χ1) is 8.19. The van der Waals surface area contributed by atoms with Crippen molar-refractivity contribution in [3.63, 3.8) is 0 Å². The van der Waals surface area contributed by atoms with Gasteiger partial charge in [0.1, 0.15) is 0 Å². The second-order valence-corrected chi connectivity index (χ2v) is 5.68. The second-order valence-electron chi connectivity index (χ2n) is 4.81. The van der Waals surface area contributed by atoms with Gasteiger partial charge in [-0.3, -0.25) is 11.3 Å². The van der Waals surface area contributed by atoms with E-state index in [-0.39, 0.29) is 6.04 Å². The molecule has 1 unspecified atom stereocenters. The zero-order valence-corrected chi connectivity index (χ0v) is 11.3. The summed E-state index contributed by atoms with van der Waals surface area (Å²) in [4.78, 5) is 0. The van der Waals surface area contributed by atoms with E-state index in [0.717, 1.165) is 17.9 Å². The third-order valence-corrected chi connectivity index (χ3v) is 3.97. The predicted octanol–water partition coefficient (Wildman–Crippen LogP) is 4.08. The Kier molecular flexibility index (Phi) is 4.69. The predicted molar refractivity (Wildman–Crippen MR) is 73.1 cm³/mol. The van der Waals surface area contributed by atoms with Gasteiger partial charge in [-0.1, -0.05) is 48.9 Å². The highest BCUT2D eigenvalue weighted by molar-refractivity contribution is 6.34. The molecule has 0 radical (unpaired) electrons. The van der Waals surface area contributed by atoms with Gasteiger partial charge >= 0.3 is 0 Å². The molecule has 0 saturated heterocycles. The van der Waals surface area contributed by atoms with Crippen molar-refractivity contribution in [2.24, 2.45) is 11.8 Å². The highest BCUT2D eigenvalue weighted by Gasteiger charge is 2.21. The van der Waals surface area contributed by atoms with Crippen molar-refractivity contribution in [2.75, 3.05) is 0 Å². The molecule has 2 rings (SSSR count). The van der Waals surface area contributed by atoms with Crippen molar-refractivity contribution in [2.45, 2.75) is 38.1 Å². The first-order valence-electron chi connectivity index (χ1n) is 6.11. The fraction of sp³-hybridized carbons (Fsp3) is 0.538. The summed E-state index contributed by atoms with van der Waals surface area (Å²) in [7, 11) is 0. The van der Waals surface area contributed by atoms with Crippen LogP contribution >= 0.6 is 23.2 Å². The van der Waals surface area contributed by atoms with Crippen LogP contribution in [0.4, 0.5) is 0 Å². The number of hydrogen-bond acceptors (Lipinski definition) is 2. The molecular formula is C13H18Cl2N2. The minimum Gasteiger partial charge on any atom is -0.271 e. The van der Waals surface area contributed by atoms with Gasteiger partial charge in [-0.2, -0.15) is 0 Å². The van der Waals surface area contributed by atoms with E-state index in [0.29, 0.717) is 10.0 Å². The molecule has 1 fully saturated rings. The van der Waals surface area contributed by atoms with E-state index in [1.165, 1.54) is 25.7 Å². The quantitative estimate of drug-likeness (QED) is 0.640. The standard InChI is InChI=1S/C13H18Cl2N2/c14-11-6-10(7-12(15)8-11)13(17-16)5-9-3-1-2-4-9/h6-9,13,17H,1-5,16H2. The van der Waals surface area contributed by atoms with Crippen molar-refractivity contribution in [3.8, 4) is 0 Å². The maximum Gasteiger partial charge on any atom is 0.0463 e. The van der Waals surface area contributed by atoms with Crippen LogP contribution in [0.1, 0.15) is 43.7 Å². The lowest BCUT2D eigenvalue weighted by Gasteiger charge is -2.20. The van der Waals surface area contributed by atoms with E-state index in [4.69, 9.17) is 29.0 Å². The van der Waals surface area contributed by atoms with E-state index < -0.39 is 0 Å². The molecule has 1 aliphatic carbocycles. The van der Waals surface area contributed by atoms with Gasteiger partial charge in [0, 0.05) is 16.1 Å². The summed E-state index contributed by atoms with van der Waals surface area (Å²) in [6.07, 6.45) is 6.38. The van der Waals surface area contributed by atoms with Crippen LogP contribution in [0, 0.1) is 5.92 Å². The summed E-state index contributed by atoms with van der Waals surface area (Å²) < 4.78 is 0. The summed E-state index contributed by atoms with van der Waals surface area (Å²) in [5.74, 6) is 6.42. The van der Waals surface area contributed by atoms with Crippen LogP contribution in [0.3, 0.4) is 0 Å². The molecule has 1 aromatic carbocycles. The van der Waals surface area contributed by atoms with E-state index in [2.05, 4.69) is 5.43 Å². The number of rotatable bonds is 4. The fourth-order valence-corrected chi connectivity index (χ4v) is 3.20. The number of nitrogens with two attached hydrogens (primary N) is 1. The topological polar surface area (TPSA) is 38.0 Å². The smallest absolute Gasteiger partial charge is 0.0463 e. The third-order valence-electron chi connectivity index (χ3n) is 3.53. The van der Waals surface area contributed by atoms with Crippen LogP contribution in [-0.2, 0) is 0 Å². The maximum atomic E-state index is 6.01. The lowest BCUT2D eigenvalue weighted by atomic mass is 9.94. The zero-order chi connectivity index (χ0) is 12.3. The van der Waals surface area contributed by atoms with Crippen molar-refractivity contribution < 1.29 is 0 Å². The molecule has 2 nitrogen and oxygen atoms in total. The molecule has 0 spiro atoms. The molecule has 4 heteroatoms. The largest absolute Gasteiger partial charge is 0.271 e. The van der Waals surface area contributed by atoms with E-state index >= 15 is 0 Å². The van der Waals surface area contributed by atoms with Gasteiger partial charge in [-0.25, -0.2) is 0 Å². The Balaban J connectivity index is 2.10. The Morgan fingerprint density at radius 1 is 1.18 bits per heavy atom. The Bertz CT molecular complexity index is 355. The highest BCUT2D eigenvalue weighted by Crippen LogP contribution is 2.34. The molecule has 17 heavy (non-hydrogen) atoms. The lowest BCUT2D eigenvalue weighted by Crippen LogP contribution is -2.29. The molecule has 1 saturated carbocycles. The van der Waals surface area contributed by atoms with E-state index in [1.807, 2.05) is 12.1 Å². The Morgan fingerprint density at radius 2 is 1.76 bits per heavy atom. The van der Waals surface area contributed by atoms with E-state index in [9.17, 15) is 0 Å². The average Bonchev–Trinajstić information content (AvgIpc) is 2.77. The average molecular weight is 273 g/mol. The van der Waals surface area contributed by atoms with Crippen LogP contribution in [0.25, 0.3) is 0 Å². The minimum absolute atomic E-state index is 0.147. The van der Waals surface area contributed by atoms with Crippen molar-refractivity contribution in [1.29, 1.82) is 0 Å². The number of nitrogens with one attached hydrogen (secondary N) is 1. The minimum atomic E-state index is 0.147. The summed E-state index contributed by atoms with van der Waals surface area (Å²) in [5.41, 5.74) is 3.96. The molecule has 1 aliphatic rings. The van der Waals surface area contributed by atoms with Gasteiger partial charge in [-0.15, -0.1) is 0 Å². The highest BCUT2D eigenvalue weighted by atomic mass is 35.5. The van der Waals surface area contributed by atoms with E-state index in [1.54, 1.807) is 6.07 Å². The molecular weight excluding hydrogens is 255 g/mol. The third kappa shape index (κ3) is 3.59. The first kappa shape index (κ1) is 13.2. The zero-order valence-electron chi connectivity index (χ0n) is 9.76. The first-order valence-corrected chi connectivity index (χ1v) is 6.86. The molecule has 0 amide bonds.